The minimum atomic E-state index is 0.162. The highest BCUT2D eigenvalue weighted by atomic mass is 16.5. The summed E-state index contributed by atoms with van der Waals surface area (Å²) in [5, 5.41) is 9.85. The lowest BCUT2D eigenvalue weighted by Crippen LogP contribution is -2.09. The van der Waals surface area contributed by atoms with E-state index in [1.54, 1.807) is 6.07 Å². The molecule has 0 radical (unpaired) electrons. The van der Waals surface area contributed by atoms with E-state index in [1.165, 1.54) is 0 Å². The number of hydrogen-bond acceptors (Lipinski definition) is 3. The van der Waals surface area contributed by atoms with Crippen LogP contribution in [0, 0.1) is 0 Å². The summed E-state index contributed by atoms with van der Waals surface area (Å²) in [6.45, 7) is 4.56. The van der Waals surface area contributed by atoms with Crippen LogP contribution in [0.4, 0.5) is 0 Å². The van der Waals surface area contributed by atoms with Crippen LogP contribution in [0.3, 0.4) is 0 Å². The number of hydrogen-bond donors (Lipinski definition) is 2. The van der Waals surface area contributed by atoms with Gasteiger partial charge in [-0.15, -0.1) is 0 Å². The van der Waals surface area contributed by atoms with E-state index in [0.29, 0.717) is 12.3 Å². The van der Waals surface area contributed by atoms with E-state index in [1.807, 2.05) is 19.9 Å². The Kier molecular flexibility index (Phi) is 2.57. The molecule has 3 nitrogen and oxygen atoms in total. The number of nitrogens with two attached hydrogens (primary N) is 1. The molecule has 0 aromatic heterocycles. The number of ether oxygens (including phenoxy) is 1. The molecular formula is C12H17NO2. The van der Waals surface area contributed by atoms with Gasteiger partial charge in [-0.25, -0.2) is 0 Å². The second-order valence-electron chi connectivity index (χ2n) is 4.29. The summed E-state index contributed by atoms with van der Waals surface area (Å²) in [5.41, 5.74) is 7.56. The first-order valence-electron chi connectivity index (χ1n) is 5.34. The molecule has 2 rings (SSSR count). The molecule has 15 heavy (non-hydrogen) atoms. The standard InChI is InChI=1S/C12H17NO2/c1-7(6-13)10-5-12-9(4-11(10)14)3-8(2)15-12/h4-5,7-8,14H,3,6,13H2,1-2H3. The Hall–Kier alpha value is -1.22. The molecule has 1 aromatic rings. The smallest absolute Gasteiger partial charge is 0.123 e. The Bertz CT molecular complexity index is 376. The van der Waals surface area contributed by atoms with Gasteiger partial charge in [-0.2, -0.15) is 0 Å². The Balaban J connectivity index is 2.39. The molecule has 0 bridgehead atoms. The third kappa shape index (κ3) is 1.79. The van der Waals surface area contributed by atoms with Crippen LogP contribution in [0.25, 0.3) is 0 Å². The molecule has 1 aliphatic rings. The van der Waals surface area contributed by atoms with Gasteiger partial charge in [-0.05, 0) is 31.5 Å². The first kappa shape index (κ1) is 10.3. The quantitative estimate of drug-likeness (QED) is 0.777. The van der Waals surface area contributed by atoms with Gasteiger partial charge in [0.25, 0.3) is 0 Å². The number of rotatable bonds is 2. The highest BCUT2D eigenvalue weighted by molar-refractivity contribution is 5.49. The van der Waals surface area contributed by atoms with E-state index < -0.39 is 0 Å². The fourth-order valence-corrected chi connectivity index (χ4v) is 1.99. The molecule has 1 aliphatic heterocycles. The first-order chi connectivity index (χ1) is 7.11. The van der Waals surface area contributed by atoms with Crippen LogP contribution in [-0.4, -0.2) is 17.8 Å². The molecule has 3 heteroatoms. The maximum atomic E-state index is 9.85. The van der Waals surface area contributed by atoms with Gasteiger partial charge in [-0.3, -0.25) is 0 Å². The Morgan fingerprint density at radius 1 is 1.60 bits per heavy atom. The third-order valence-corrected chi connectivity index (χ3v) is 2.93. The fraction of sp³-hybridized carbons (Fsp3) is 0.500. The number of fused-ring (bicyclic) bond motifs is 1. The lowest BCUT2D eigenvalue weighted by atomic mass is 9.97. The number of benzene rings is 1. The monoisotopic (exact) mass is 207 g/mol. The lowest BCUT2D eigenvalue weighted by Gasteiger charge is -2.12. The van der Waals surface area contributed by atoms with Crippen LogP contribution >= 0.6 is 0 Å². The zero-order valence-corrected chi connectivity index (χ0v) is 9.16. The Labute approximate surface area is 89.9 Å². The van der Waals surface area contributed by atoms with Gasteiger partial charge in [0.1, 0.15) is 17.6 Å². The van der Waals surface area contributed by atoms with E-state index in [9.17, 15) is 5.11 Å². The minimum absolute atomic E-state index is 0.162. The molecule has 1 heterocycles. The molecule has 0 saturated heterocycles. The largest absolute Gasteiger partial charge is 0.508 e. The van der Waals surface area contributed by atoms with E-state index in [2.05, 4.69) is 0 Å². The number of phenols is 1. The van der Waals surface area contributed by atoms with Gasteiger partial charge in [0, 0.05) is 17.5 Å². The normalized spacial score (nSPS) is 20.9. The van der Waals surface area contributed by atoms with Crippen LogP contribution < -0.4 is 10.5 Å². The Morgan fingerprint density at radius 2 is 2.33 bits per heavy atom. The van der Waals surface area contributed by atoms with E-state index in [0.717, 1.165) is 23.3 Å². The molecule has 3 N–H and O–H groups in total. The van der Waals surface area contributed by atoms with Crippen LogP contribution in [0.5, 0.6) is 11.5 Å². The summed E-state index contributed by atoms with van der Waals surface area (Å²) >= 11 is 0. The predicted octanol–water partition coefficient (Wildman–Crippen LogP) is 1.78. The molecule has 0 aliphatic carbocycles. The van der Waals surface area contributed by atoms with Gasteiger partial charge < -0.3 is 15.6 Å². The lowest BCUT2D eigenvalue weighted by molar-refractivity contribution is 0.254. The number of phenolic OH excluding ortho intramolecular Hbond substituents is 1. The summed E-state index contributed by atoms with van der Waals surface area (Å²) in [5.74, 6) is 1.40. The van der Waals surface area contributed by atoms with Crippen molar-refractivity contribution in [3.05, 3.63) is 23.3 Å². The van der Waals surface area contributed by atoms with Crippen molar-refractivity contribution >= 4 is 0 Å². The molecule has 1 aromatic carbocycles. The van der Waals surface area contributed by atoms with Crippen molar-refractivity contribution in [2.45, 2.75) is 32.3 Å². The maximum Gasteiger partial charge on any atom is 0.123 e. The first-order valence-corrected chi connectivity index (χ1v) is 5.34. The van der Waals surface area contributed by atoms with Crippen molar-refractivity contribution < 1.29 is 9.84 Å². The highest BCUT2D eigenvalue weighted by Gasteiger charge is 2.22. The van der Waals surface area contributed by atoms with E-state index in [-0.39, 0.29) is 12.0 Å². The summed E-state index contributed by atoms with van der Waals surface area (Å²) < 4.78 is 5.65. The Morgan fingerprint density at radius 3 is 3.00 bits per heavy atom. The summed E-state index contributed by atoms with van der Waals surface area (Å²) in [6.07, 6.45) is 1.09. The second kappa shape index (κ2) is 3.74. The average molecular weight is 207 g/mol. The van der Waals surface area contributed by atoms with Crippen LogP contribution in [0.15, 0.2) is 12.1 Å². The van der Waals surface area contributed by atoms with Gasteiger partial charge in [-0.1, -0.05) is 6.92 Å². The molecule has 82 valence electrons. The van der Waals surface area contributed by atoms with Crippen LogP contribution in [-0.2, 0) is 6.42 Å². The van der Waals surface area contributed by atoms with Crippen molar-refractivity contribution in [2.24, 2.45) is 5.73 Å². The highest BCUT2D eigenvalue weighted by Crippen LogP contribution is 2.37. The van der Waals surface area contributed by atoms with E-state index in [4.69, 9.17) is 10.5 Å². The average Bonchev–Trinajstić information content (AvgIpc) is 2.55. The van der Waals surface area contributed by atoms with Gasteiger partial charge in [0.15, 0.2) is 0 Å². The summed E-state index contributed by atoms with van der Waals surface area (Å²) in [7, 11) is 0. The van der Waals surface area contributed by atoms with Gasteiger partial charge >= 0.3 is 0 Å². The van der Waals surface area contributed by atoms with Crippen LogP contribution in [0.2, 0.25) is 0 Å². The molecule has 2 unspecified atom stereocenters. The third-order valence-electron chi connectivity index (χ3n) is 2.93. The second-order valence-corrected chi connectivity index (χ2v) is 4.29. The van der Waals surface area contributed by atoms with Crippen molar-refractivity contribution in [1.29, 1.82) is 0 Å². The maximum absolute atomic E-state index is 9.85. The van der Waals surface area contributed by atoms with Gasteiger partial charge in [0.2, 0.25) is 0 Å². The van der Waals surface area contributed by atoms with Crippen molar-refractivity contribution in [3.63, 3.8) is 0 Å². The topological polar surface area (TPSA) is 55.5 Å². The molecule has 0 spiro atoms. The van der Waals surface area contributed by atoms with E-state index >= 15 is 0 Å². The zero-order valence-electron chi connectivity index (χ0n) is 9.16. The molecular weight excluding hydrogens is 190 g/mol. The summed E-state index contributed by atoms with van der Waals surface area (Å²) in [6, 6.07) is 3.73. The van der Waals surface area contributed by atoms with Crippen molar-refractivity contribution in [2.75, 3.05) is 6.54 Å². The zero-order chi connectivity index (χ0) is 11.0. The molecule has 0 fully saturated rings. The minimum Gasteiger partial charge on any atom is -0.508 e. The number of aromatic hydroxyl groups is 1. The van der Waals surface area contributed by atoms with Crippen molar-refractivity contribution in [1.82, 2.24) is 0 Å². The fourth-order valence-electron chi connectivity index (χ4n) is 1.99. The summed E-state index contributed by atoms with van der Waals surface area (Å²) in [4.78, 5) is 0. The van der Waals surface area contributed by atoms with Gasteiger partial charge in [0.05, 0.1) is 0 Å². The molecule has 2 atom stereocenters. The predicted molar refractivity (Wildman–Crippen MR) is 59.4 cm³/mol. The SMILES string of the molecule is CC1Cc2cc(O)c(C(C)CN)cc2O1. The molecule has 0 saturated carbocycles. The van der Waals surface area contributed by atoms with Crippen LogP contribution in [0.1, 0.15) is 30.9 Å². The molecule has 0 amide bonds. The van der Waals surface area contributed by atoms with Crippen molar-refractivity contribution in [3.8, 4) is 11.5 Å².